The van der Waals surface area contributed by atoms with Crippen LogP contribution in [0.4, 0.5) is 11.4 Å². The second-order valence-electron chi connectivity index (χ2n) is 5.22. The van der Waals surface area contributed by atoms with Crippen molar-refractivity contribution in [1.29, 1.82) is 0 Å². The molecule has 1 aliphatic carbocycles. The average Bonchev–Trinajstić information content (AvgIpc) is 2.48. The zero-order valence-electron chi connectivity index (χ0n) is 11.8. The highest BCUT2D eigenvalue weighted by Gasteiger charge is 2.22. The number of anilines is 1. The number of carbonyl (C=O) groups is 1. The summed E-state index contributed by atoms with van der Waals surface area (Å²) in [6, 6.07) is 4.38. The standard InChI is InChI=1S/C14H19N3O4/c1-15-12-7-2-9(8-13(12)17(20)21)14(19)16-10-3-5-11(18)6-4-10/h2,7-8,10-11,15,18H,3-6H2,1H3,(H,16,19). The fourth-order valence-electron chi connectivity index (χ4n) is 2.52. The van der Waals surface area contributed by atoms with Crippen LogP contribution in [0.3, 0.4) is 0 Å². The van der Waals surface area contributed by atoms with Gasteiger partial charge < -0.3 is 15.7 Å². The van der Waals surface area contributed by atoms with E-state index in [9.17, 15) is 20.0 Å². The molecule has 0 heterocycles. The van der Waals surface area contributed by atoms with Gasteiger partial charge in [0, 0.05) is 24.7 Å². The molecular weight excluding hydrogens is 274 g/mol. The van der Waals surface area contributed by atoms with Crippen LogP contribution in [-0.2, 0) is 0 Å². The van der Waals surface area contributed by atoms with Gasteiger partial charge in [0.2, 0.25) is 0 Å². The number of hydrogen-bond acceptors (Lipinski definition) is 5. The lowest BCUT2D eigenvalue weighted by molar-refractivity contribution is -0.384. The van der Waals surface area contributed by atoms with Crippen LogP contribution in [0.25, 0.3) is 0 Å². The highest BCUT2D eigenvalue weighted by molar-refractivity contribution is 5.95. The summed E-state index contributed by atoms with van der Waals surface area (Å²) in [5, 5.41) is 26.0. The smallest absolute Gasteiger partial charge is 0.293 e. The molecule has 114 valence electrons. The van der Waals surface area contributed by atoms with Gasteiger partial charge in [-0.05, 0) is 37.8 Å². The minimum atomic E-state index is -0.514. The van der Waals surface area contributed by atoms with E-state index < -0.39 is 4.92 Å². The molecule has 7 heteroatoms. The van der Waals surface area contributed by atoms with Gasteiger partial charge in [0.15, 0.2) is 0 Å². The molecule has 0 unspecified atom stereocenters. The van der Waals surface area contributed by atoms with E-state index in [1.165, 1.54) is 12.1 Å². The van der Waals surface area contributed by atoms with E-state index in [-0.39, 0.29) is 29.3 Å². The third-order valence-electron chi connectivity index (χ3n) is 3.76. The SMILES string of the molecule is CNc1ccc(C(=O)NC2CCC(O)CC2)cc1[N+](=O)[O-]. The first-order valence-corrected chi connectivity index (χ1v) is 6.96. The van der Waals surface area contributed by atoms with E-state index in [2.05, 4.69) is 10.6 Å². The van der Waals surface area contributed by atoms with Crippen LogP contribution in [0.5, 0.6) is 0 Å². The van der Waals surface area contributed by atoms with Crippen molar-refractivity contribution in [2.24, 2.45) is 0 Å². The molecule has 0 bridgehead atoms. The van der Waals surface area contributed by atoms with Gasteiger partial charge >= 0.3 is 0 Å². The van der Waals surface area contributed by atoms with Gasteiger partial charge in [-0.2, -0.15) is 0 Å². The number of hydrogen-bond donors (Lipinski definition) is 3. The van der Waals surface area contributed by atoms with Crippen LogP contribution < -0.4 is 10.6 Å². The van der Waals surface area contributed by atoms with Gasteiger partial charge in [0.1, 0.15) is 5.69 Å². The number of benzene rings is 1. The summed E-state index contributed by atoms with van der Waals surface area (Å²) < 4.78 is 0. The summed E-state index contributed by atoms with van der Waals surface area (Å²) in [6.07, 6.45) is 2.51. The molecule has 0 aliphatic heterocycles. The van der Waals surface area contributed by atoms with Crippen molar-refractivity contribution in [3.05, 3.63) is 33.9 Å². The normalized spacial score (nSPS) is 21.6. The van der Waals surface area contributed by atoms with Crippen LogP contribution in [-0.4, -0.2) is 35.1 Å². The quantitative estimate of drug-likeness (QED) is 0.578. The summed E-state index contributed by atoms with van der Waals surface area (Å²) in [4.78, 5) is 22.6. The number of amides is 1. The predicted molar refractivity (Wildman–Crippen MR) is 78.4 cm³/mol. The van der Waals surface area contributed by atoms with E-state index in [0.29, 0.717) is 18.5 Å². The first-order valence-electron chi connectivity index (χ1n) is 6.96. The molecule has 0 radical (unpaired) electrons. The fraction of sp³-hybridized carbons (Fsp3) is 0.500. The zero-order chi connectivity index (χ0) is 15.4. The average molecular weight is 293 g/mol. The maximum Gasteiger partial charge on any atom is 0.293 e. The maximum atomic E-state index is 12.2. The highest BCUT2D eigenvalue weighted by Crippen LogP contribution is 2.25. The van der Waals surface area contributed by atoms with Gasteiger partial charge in [0.05, 0.1) is 11.0 Å². The number of nitrogens with one attached hydrogen (secondary N) is 2. The Kier molecular flexibility index (Phi) is 4.74. The molecule has 7 nitrogen and oxygen atoms in total. The lowest BCUT2D eigenvalue weighted by Gasteiger charge is -2.26. The Morgan fingerprint density at radius 1 is 1.33 bits per heavy atom. The van der Waals surface area contributed by atoms with E-state index >= 15 is 0 Å². The van der Waals surface area contributed by atoms with Crippen LogP contribution in [0.1, 0.15) is 36.0 Å². The highest BCUT2D eigenvalue weighted by atomic mass is 16.6. The molecule has 1 saturated carbocycles. The molecule has 0 saturated heterocycles. The molecule has 1 aliphatic rings. The van der Waals surface area contributed by atoms with Crippen molar-refractivity contribution in [2.45, 2.75) is 37.8 Å². The Hall–Kier alpha value is -2.15. The third kappa shape index (κ3) is 3.69. The van der Waals surface area contributed by atoms with Crippen molar-refractivity contribution >= 4 is 17.3 Å². The van der Waals surface area contributed by atoms with Crippen molar-refractivity contribution in [3.63, 3.8) is 0 Å². The van der Waals surface area contributed by atoms with Crippen LogP contribution in [0, 0.1) is 10.1 Å². The molecule has 1 amide bonds. The minimum Gasteiger partial charge on any atom is -0.393 e. The number of nitrogens with zero attached hydrogens (tertiary/aromatic N) is 1. The summed E-state index contributed by atoms with van der Waals surface area (Å²) in [7, 11) is 1.59. The predicted octanol–water partition coefficient (Wildman–Crippen LogP) is 1.67. The topological polar surface area (TPSA) is 104 Å². The van der Waals surface area contributed by atoms with Crippen molar-refractivity contribution in [1.82, 2.24) is 5.32 Å². The molecule has 21 heavy (non-hydrogen) atoms. The second-order valence-corrected chi connectivity index (χ2v) is 5.22. The molecule has 2 rings (SSSR count). The number of rotatable bonds is 4. The monoisotopic (exact) mass is 293 g/mol. The molecule has 1 fully saturated rings. The fourth-order valence-corrected chi connectivity index (χ4v) is 2.52. The van der Waals surface area contributed by atoms with E-state index in [1.807, 2.05) is 0 Å². The molecule has 1 aromatic carbocycles. The first kappa shape index (κ1) is 15.2. The Labute approximate surface area is 122 Å². The summed E-state index contributed by atoms with van der Waals surface area (Å²) >= 11 is 0. The summed E-state index contributed by atoms with van der Waals surface area (Å²) in [5.41, 5.74) is 0.522. The van der Waals surface area contributed by atoms with Crippen molar-refractivity contribution < 1.29 is 14.8 Å². The maximum absolute atomic E-state index is 12.2. The number of aliphatic hydroxyl groups excluding tert-OH is 1. The van der Waals surface area contributed by atoms with Crippen LogP contribution in [0.15, 0.2) is 18.2 Å². The van der Waals surface area contributed by atoms with Gasteiger partial charge in [-0.1, -0.05) is 0 Å². The Morgan fingerprint density at radius 3 is 2.57 bits per heavy atom. The lowest BCUT2D eigenvalue weighted by atomic mass is 9.93. The Balaban J connectivity index is 2.09. The number of aliphatic hydroxyl groups is 1. The van der Waals surface area contributed by atoms with E-state index in [1.54, 1.807) is 13.1 Å². The largest absolute Gasteiger partial charge is 0.393 e. The third-order valence-corrected chi connectivity index (χ3v) is 3.76. The first-order chi connectivity index (χ1) is 10.0. The van der Waals surface area contributed by atoms with E-state index in [0.717, 1.165) is 12.8 Å². The minimum absolute atomic E-state index is 0.0175. The van der Waals surface area contributed by atoms with Gasteiger partial charge in [-0.3, -0.25) is 14.9 Å². The molecule has 1 aromatic rings. The molecule has 0 atom stereocenters. The molecule has 0 spiro atoms. The molecular formula is C14H19N3O4. The molecule has 0 aromatic heterocycles. The second kappa shape index (κ2) is 6.53. The van der Waals surface area contributed by atoms with Crippen LogP contribution in [0.2, 0.25) is 0 Å². The summed E-state index contributed by atoms with van der Waals surface area (Å²) in [6.45, 7) is 0. The number of nitro groups is 1. The Morgan fingerprint density at radius 2 is 2.00 bits per heavy atom. The van der Waals surface area contributed by atoms with Gasteiger partial charge in [-0.15, -0.1) is 0 Å². The summed E-state index contributed by atoms with van der Waals surface area (Å²) in [5.74, 6) is -0.317. The van der Waals surface area contributed by atoms with Crippen LogP contribution >= 0.6 is 0 Å². The zero-order valence-corrected chi connectivity index (χ0v) is 11.8. The Bertz CT molecular complexity index is 539. The lowest BCUT2D eigenvalue weighted by Crippen LogP contribution is -2.38. The molecule has 3 N–H and O–H groups in total. The number of carbonyl (C=O) groups excluding carboxylic acids is 1. The van der Waals surface area contributed by atoms with Crippen molar-refractivity contribution in [3.8, 4) is 0 Å². The van der Waals surface area contributed by atoms with Gasteiger partial charge in [-0.25, -0.2) is 0 Å². The van der Waals surface area contributed by atoms with Gasteiger partial charge in [0.25, 0.3) is 11.6 Å². The number of nitro benzene ring substituents is 1. The van der Waals surface area contributed by atoms with E-state index in [4.69, 9.17) is 0 Å². The van der Waals surface area contributed by atoms with Crippen molar-refractivity contribution in [2.75, 3.05) is 12.4 Å².